The van der Waals surface area contributed by atoms with Crippen LogP contribution in [-0.4, -0.2) is 23.9 Å². The average molecular weight is 352 g/mol. The smallest absolute Gasteiger partial charge is 0.267 e. The van der Waals surface area contributed by atoms with Crippen molar-refractivity contribution in [1.29, 1.82) is 0 Å². The Labute approximate surface area is 134 Å². The van der Waals surface area contributed by atoms with Crippen LogP contribution in [0.2, 0.25) is 0 Å². The van der Waals surface area contributed by atoms with Gasteiger partial charge in [0.1, 0.15) is 5.75 Å². The van der Waals surface area contributed by atoms with Gasteiger partial charge in [-0.1, -0.05) is 47.3 Å². The number of hydrogen-bond donors (Lipinski definition) is 0. The van der Waals surface area contributed by atoms with E-state index in [9.17, 15) is 4.79 Å². The fourth-order valence-electron chi connectivity index (χ4n) is 3.49. The third-order valence-electron chi connectivity index (χ3n) is 4.76. The molecule has 1 unspecified atom stereocenters. The molecule has 0 saturated heterocycles. The Kier molecular flexibility index (Phi) is 4.25. The molecule has 1 atom stereocenters. The van der Waals surface area contributed by atoms with Crippen LogP contribution in [0.3, 0.4) is 0 Å². The summed E-state index contributed by atoms with van der Waals surface area (Å²) in [4.78, 5) is 14.6. The van der Waals surface area contributed by atoms with Gasteiger partial charge in [0.05, 0.1) is 5.69 Å². The molecule has 4 heteroatoms. The summed E-state index contributed by atoms with van der Waals surface area (Å²) < 4.78 is 5.73. The Morgan fingerprint density at radius 2 is 2.00 bits per heavy atom. The highest BCUT2D eigenvalue weighted by atomic mass is 79.9. The summed E-state index contributed by atoms with van der Waals surface area (Å²) in [6.45, 7) is 2.63. The fourth-order valence-corrected chi connectivity index (χ4v) is 4.23. The number of hydrogen-bond acceptors (Lipinski definition) is 2. The van der Waals surface area contributed by atoms with Crippen LogP contribution in [0.15, 0.2) is 24.3 Å². The van der Waals surface area contributed by atoms with E-state index in [0.717, 1.165) is 23.3 Å². The molecular weight excluding hydrogens is 330 g/mol. The quantitative estimate of drug-likeness (QED) is 0.765. The second kappa shape index (κ2) is 5.99. The van der Waals surface area contributed by atoms with Crippen LogP contribution >= 0.6 is 15.9 Å². The third kappa shape index (κ3) is 2.83. The van der Waals surface area contributed by atoms with Crippen molar-refractivity contribution in [2.75, 3.05) is 16.8 Å². The lowest BCUT2D eigenvalue weighted by Crippen LogP contribution is -2.50. The first-order valence-corrected chi connectivity index (χ1v) is 8.90. The standard InChI is InChI=1S/C17H22BrNO2/c1-13-16(20)19(14-7-3-4-8-15(14)21-13)12-17(11-18)9-5-2-6-10-17/h3-4,7-8,13H,2,5-6,9-12H2,1H3. The number of carbonyl (C=O) groups is 1. The second-order valence-corrected chi connectivity index (χ2v) is 6.91. The molecule has 0 bridgehead atoms. The number of amides is 1. The van der Waals surface area contributed by atoms with Gasteiger partial charge in [0.15, 0.2) is 6.10 Å². The summed E-state index contributed by atoms with van der Waals surface area (Å²) in [6.07, 6.45) is 5.84. The number of ether oxygens (including phenoxy) is 1. The van der Waals surface area contributed by atoms with Gasteiger partial charge in [0, 0.05) is 11.9 Å². The zero-order valence-electron chi connectivity index (χ0n) is 12.5. The normalized spacial score (nSPS) is 24.4. The van der Waals surface area contributed by atoms with Gasteiger partial charge in [-0.15, -0.1) is 0 Å². The van der Waals surface area contributed by atoms with Crippen LogP contribution in [0.25, 0.3) is 0 Å². The lowest BCUT2D eigenvalue weighted by Gasteiger charge is -2.42. The highest BCUT2D eigenvalue weighted by Gasteiger charge is 2.39. The Morgan fingerprint density at radius 1 is 1.29 bits per heavy atom. The first-order chi connectivity index (χ1) is 10.2. The number of carbonyl (C=O) groups excluding carboxylic acids is 1. The minimum absolute atomic E-state index is 0.0830. The molecule has 1 aliphatic heterocycles. The Bertz CT molecular complexity index is 525. The van der Waals surface area contributed by atoms with Crippen molar-refractivity contribution < 1.29 is 9.53 Å². The topological polar surface area (TPSA) is 29.5 Å². The lowest BCUT2D eigenvalue weighted by atomic mass is 9.75. The van der Waals surface area contributed by atoms with Gasteiger partial charge >= 0.3 is 0 Å². The van der Waals surface area contributed by atoms with Crippen molar-refractivity contribution in [2.24, 2.45) is 5.41 Å². The van der Waals surface area contributed by atoms with Gasteiger partial charge in [0.25, 0.3) is 5.91 Å². The van der Waals surface area contributed by atoms with E-state index < -0.39 is 6.10 Å². The Morgan fingerprint density at radius 3 is 2.71 bits per heavy atom. The highest BCUT2D eigenvalue weighted by molar-refractivity contribution is 9.09. The van der Waals surface area contributed by atoms with E-state index in [0.29, 0.717) is 0 Å². The monoisotopic (exact) mass is 351 g/mol. The number of nitrogens with zero attached hydrogens (tertiary/aromatic N) is 1. The largest absolute Gasteiger partial charge is 0.479 e. The maximum Gasteiger partial charge on any atom is 0.267 e. The number of anilines is 1. The molecule has 3 rings (SSSR count). The number of para-hydroxylation sites is 2. The SMILES string of the molecule is CC1Oc2ccccc2N(CC2(CBr)CCCCC2)C1=O. The molecule has 1 aromatic rings. The molecular formula is C17H22BrNO2. The van der Waals surface area contributed by atoms with Crippen molar-refractivity contribution in [3.63, 3.8) is 0 Å². The van der Waals surface area contributed by atoms with E-state index in [1.807, 2.05) is 36.1 Å². The van der Waals surface area contributed by atoms with Crippen LogP contribution < -0.4 is 9.64 Å². The van der Waals surface area contributed by atoms with Crippen LogP contribution in [0.5, 0.6) is 5.75 Å². The number of rotatable bonds is 3. The molecule has 0 radical (unpaired) electrons. The average Bonchev–Trinajstić information content (AvgIpc) is 2.53. The maximum atomic E-state index is 12.6. The molecule has 1 aliphatic carbocycles. The lowest BCUT2D eigenvalue weighted by molar-refractivity contribution is -0.126. The van der Waals surface area contributed by atoms with Crippen LogP contribution in [0.4, 0.5) is 5.69 Å². The molecule has 1 aromatic carbocycles. The predicted octanol–water partition coefficient (Wildman–Crippen LogP) is 4.15. The Hall–Kier alpha value is -1.03. The van der Waals surface area contributed by atoms with Crippen LogP contribution in [-0.2, 0) is 4.79 Å². The summed E-state index contributed by atoms with van der Waals surface area (Å²) in [7, 11) is 0. The minimum atomic E-state index is -0.393. The van der Waals surface area contributed by atoms with Crippen molar-refractivity contribution >= 4 is 27.5 Å². The zero-order chi connectivity index (χ0) is 14.9. The molecule has 114 valence electrons. The second-order valence-electron chi connectivity index (χ2n) is 6.35. The van der Waals surface area contributed by atoms with Crippen molar-refractivity contribution in [3.05, 3.63) is 24.3 Å². The highest BCUT2D eigenvalue weighted by Crippen LogP contribution is 2.42. The summed E-state index contributed by atoms with van der Waals surface area (Å²) in [5.41, 5.74) is 1.13. The third-order valence-corrected chi connectivity index (χ3v) is 5.95. The van der Waals surface area contributed by atoms with E-state index in [1.54, 1.807) is 0 Å². The molecule has 1 saturated carbocycles. The summed E-state index contributed by atoms with van der Waals surface area (Å²) >= 11 is 3.70. The van der Waals surface area contributed by atoms with Gasteiger partial charge in [0.2, 0.25) is 0 Å². The maximum absolute atomic E-state index is 12.6. The number of fused-ring (bicyclic) bond motifs is 1. The van der Waals surface area contributed by atoms with Gasteiger partial charge in [-0.05, 0) is 37.3 Å². The van der Waals surface area contributed by atoms with Gasteiger partial charge in [-0.2, -0.15) is 0 Å². The van der Waals surface area contributed by atoms with E-state index in [1.165, 1.54) is 32.1 Å². The molecule has 3 nitrogen and oxygen atoms in total. The van der Waals surface area contributed by atoms with Crippen LogP contribution in [0, 0.1) is 5.41 Å². The molecule has 1 heterocycles. The van der Waals surface area contributed by atoms with Gasteiger partial charge < -0.3 is 9.64 Å². The first kappa shape index (κ1) is 14.9. The van der Waals surface area contributed by atoms with Gasteiger partial charge in [-0.25, -0.2) is 0 Å². The summed E-state index contributed by atoms with van der Waals surface area (Å²) in [5.74, 6) is 0.907. The molecule has 0 aromatic heterocycles. The summed E-state index contributed by atoms with van der Waals surface area (Å²) in [6, 6.07) is 7.87. The van der Waals surface area contributed by atoms with E-state index in [2.05, 4.69) is 15.9 Å². The Balaban J connectivity index is 1.91. The molecule has 2 aliphatic rings. The minimum Gasteiger partial charge on any atom is -0.479 e. The van der Waals surface area contributed by atoms with Crippen molar-refractivity contribution in [1.82, 2.24) is 0 Å². The van der Waals surface area contributed by atoms with E-state index in [-0.39, 0.29) is 11.3 Å². The number of benzene rings is 1. The van der Waals surface area contributed by atoms with Gasteiger partial charge in [-0.3, -0.25) is 4.79 Å². The zero-order valence-corrected chi connectivity index (χ0v) is 14.1. The van der Waals surface area contributed by atoms with Crippen molar-refractivity contribution in [3.8, 4) is 5.75 Å². The molecule has 1 fully saturated rings. The molecule has 0 N–H and O–H groups in total. The van der Waals surface area contributed by atoms with E-state index in [4.69, 9.17) is 4.74 Å². The van der Waals surface area contributed by atoms with Crippen LogP contribution in [0.1, 0.15) is 39.0 Å². The molecule has 0 spiro atoms. The molecule has 21 heavy (non-hydrogen) atoms. The predicted molar refractivity (Wildman–Crippen MR) is 88.2 cm³/mol. The summed E-state index contributed by atoms with van der Waals surface area (Å²) in [5, 5.41) is 0.960. The first-order valence-electron chi connectivity index (χ1n) is 7.78. The molecule has 1 amide bonds. The van der Waals surface area contributed by atoms with E-state index >= 15 is 0 Å². The van der Waals surface area contributed by atoms with Crippen molar-refractivity contribution in [2.45, 2.75) is 45.1 Å². The number of alkyl halides is 1. The fraction of sp³-hybridized carbons (Fsp3) is 0.588. The number of halogens is 1.